The number of nitrogens with zero attached hydrogens (tertiary/aromatic N) is 1. The number of hydrogen-bond acceptors (Lipinski definition) is 4. The standard InChI is InChI=1S/C13H16N2O2/c1-9-13(4-3-5-15-9)16-8-11-6-12(7-14)17-10(11)2/h3-6H,7-8,14H2,1-2H3. The maximum absolute atomic E-state index is 5.70. The van der Waals surface area contributed by atoms with Crippen LogP contribution in [0.2, 0.25) is 0 Å². The zero-order valence-corrected chi connectivity index (χ0v) is 10.1. The molecule has 4 heteroatoms. The molecule has 2 aromatic heterocycles. The maximum Gasteiger partial charge on any atom is 0.141 e. The molecule has 0 saturated carbocycles. The quantitative estimate of drug-likeness (QED) is 0.878. The molecule has 2 rings (SSSR count). The Bertz CT molecular complexity index is 506. The van der Waals surface area contributed by atoms with Gasteiger partial charge in [0.25, 0.3) is 0 Å². The molecule has 90 valence electrons. The van der Waals surface area contributed by atoms with Gasteiger partial charge in [0.15, 0.2) is 0 Å². The highest BCUT2D eigenvalue weighted by molar-refractivity contribution is 5.27. The van der Waals surface area contributed by atoms with Gasteiger partial charge in [-0.2, -0.15) is 0 Å². The molecule has 0 aliphatic carbocycles. The summed E-state index contributed by atoms with van der Waals surface area (Å²) >= 11 is 0. The van der Waals surface area contributed by atoms with E-state index >= 15 is 0 Å². The van der Waals surface area contributed by atoms with Gasteiger partial charge in [0.2, 0.25) is 0 Å². The number of rotatable bonds is 4. The van der Waals surface area contributed by atoms with Gasteiger partial charge in [0.05, 0.1) is 12.2 Å². The molecule has 0 bridgehead atoms. The molecule has 0 aliphatic rings. The smallest absolute Gasteiger partial charge is 0.141 e. The Morgan fingerprint density at radius 1 is 1.41 bits per heavy atom. The Morgan fingerprint density at radius 3 is 2.88 bits per heavy atom. The predicted octanol–water partition coefficient (Wildman–Crippen LogP) is 2.33. The maximum atomic E-state index is 5.70. The highest BCUT2D eigenvalue weighted by Gasteiger charge is 2.07. The lowest BCUT2D eigenvalue weighted by Crippen LogP contribution is -1.98. The fourth-order valence-corrected chi connectivity index (χ4v) is 1.61. The molecule has 2 heterocycles. The van der Waals surface area contributed by atoms with E-state index in [-0.39, 0.29) is 0 Å². The van der Waals surface area contributed by atoms with Crippen LogP contribution >= 0.6 is 0 Å². The molecule has 0 saturated heterocycles. The van der Waals surface area contributed by atoms with Crippen molar-refractivity contribution in [1.82, 2.24) is 4.98 Å². The Labute approximate surface area is 100 Å². The van der Waals surface area contributed by atoms with Crippen LogP contribution in [-0.2, 0) is 13.2 Å². The Morgan fingerprint density at radius 2 is 2.24 bits per heavy atom. The van der Waals surface area contributed by atoms with Crippen molar-refractivity contribution in [2.24, 2.45) is 5.73 Å². The zero-order chi connectivity index (χ0) is 12.3. The van der Waals surface area contributed by atoms with Crippen LogP contribution in [0.3, 0.4) is 0 Å². The first-order valence-electron chi connectivity index (χ1n) is 5.53. The summed E-state index contributed by atoms with van der Waals surface area (Å²) < 4.78 is 11.2. The van der Waals surface area contributed by atoms with Crippen LogP contribution in [0.25, 0.3) is 0 Å². The average molecular weight is 232 g/mol. The van der Waals surface area contributed by atoms with Crippen molar-refractivity contribution < 1.29 is 9.15 Å². The summed E-state index contributed by atoms with van der Waals surface area (Å²) in [7, 11) is 0. The van der Waals surface area contributed by atoms with Crippen molar-refractivity contribution >= 4 is 0 Å². The number of furan rings is 1. The lowest BCUT2D eigenvalue weighted by molar-refractivity contribution is 0.299. The molecule has 0 radical (unpaired) electrons. The van der Waals surface area contributed by atoms with Gasteiger partial charge in [-0.3, -0.25) is 4.98 Å². The van der Waals surface area contributed by atoms with Crippen molar-refractivity contribution in [2.45, 2.75) is 27.0 Å². The van der Waals surface area contributed by atoms with Crippen molar-refractivity contribution in [3.05, 3.63) is 47.2 Å². The fraction of sp³-hybridized carbons (Fsp3) is 0.308. The predicted molar refractivity (Wildman–Crippen MR) is 64.6 cm³/mol. The van der Waals surface area contributed by atoms with E-state index in [9.17, 15) is 0 Å². The van der Waals surface area contributed by atoms with E-state index < -0.39 is 0 Å². The number of ether oxygens (including phenoxy) is 1. The molecule has 0 atom stereocenters. The summed E-state index contributed by atoms with van der Waals surface area (Å²) in [5.74, 6) is 2.43. The van der Waals surface area contributed by atoms with Crippen LogP contribution in [0.1, 0.15) is 22.8 Å². The van der Waals surface area contributed by atoms with Gasteiger partial charge in [-0.05, 0) is 32.0 Å². The number of aromatic nitrogens is 1. The van der Waals surface area contributed by atoms with Crippen molar-refractivity contribution in [2.75, 3.05) is 0 Å². The van der Waals surface area contributed by atoms with Crippen LogP contribution in [0.15, 0.2) is 28.8 Å². The molecule has 4 nitrogen and oxygen atoms in total. The van der Waals surface area contributed by atoms with E-state index in [4.69, 9.17) is 14.9 Å². The second-order valence-electron chi connectivity index (χ2n) is 3.87. The average Bonchev–Trinajstić information content (AvgIpc) is 2.69. The summed E-state index contributed by atoms with van der Waals surface area (Å²) in [5, 5.41) is 0. The second kappa shape index (κ2) is 5.01. The van der Waals surface area contributed by atoms with E-state index in [1.807, 2.05) is 32.0 Å². The van der Waals surface area contributed by atoms with E-state index in [1.54, 1.807) is 6.20 Å². The third-order valence-corrected chi connectivity index (χ3v) is 2.61. The van der Waals surface area contributed by atoms with Gasteiger partial charge in [-0.1, -0.05) is 0 Å². The third kappa shape index (κ3) is 2.65. The number of nitrogens with two attached hydrogens (primary N) is 1. The van der Waals surface area contributed by atoms with E-state index in [0.29, 0.717) is 13.2 Å². The second-order valence-corrected chi connectivity index (χ2v) is 3.87. The minimum absolute atomic E-state index is 0.409. The zero-order valence-electron chi connectivity index (χ0n) is 10.1. The minimum atomic E-state index is 0.409. The molecule has 17 heavy (non-hydrogen) atoms. The number of pyridine rings is 1. The largest absolute Gasteiger partial charge is 0.487 e. The van der Waals surface area contributed by atoms with Gasteiger partial charge in [-0.15, -0.1) is 0 Å². The molecule has 0 amide bonds. The van der Waals surface area contributed by atoms with E-state index in [1.165, 1.54) is 0 Å². The van der Waals surface area contributed by atoms with Crippen molar-refractivity contribution in [3.63, 3.8) is 0 Å². The topological polar surface area (TPSA) is 61.3 Å². The van der Waals surface area contributed by atoms with Crippen molar-refractivity contribution in [1.29, 1.82) is 0 Å². The minimum Gasteiger partial charge on any atom is -0.487 e. The first-order chi connectivity index (χ1) is 8.20. The Hall–Kier alpha value is -1.81. The lowest BCUT2D eigenvalue weighted by atomic mass is 10.2. The van der Waals surface area contributed by atoms with Crippen LogP contribution in [0, 0.1) is 13.8 Å². The number of aryl methyl sites for hydroxylation is 2. The van der Waals surface area contributed by atoms with Crippen molar-refractivity contribution in [3.8, 4) is 5.75 Å². The molecule has 0 unspecified atom stereocenters. The molecule has 2 aromatic rings. The summed E-state index contributed by atoms with van der Waals surface area (Å²) in [4.78, 5) is 4.17. The highest BCUT2D eigenvalue weighted by atomic mass is 16.5. The molecule has 0 fully saturated rings. The van der Waals surface area contributed by atoms with Crippen LogP contribution in [0.4, 0.5) is 0 Å². The molecular weight excluding hydrogens is 216 g/mol. The lowest BCUT2D eigenvalue weighted by Gasteiger charge is -2.06. The molecular formula is C13H16N2O2. The normalized spacial score (nSPS) is 10.5. The van der Waals surface area contributed by atoms with Crippen LogP contribution in [-0.4, -0.2) is 4.98 Å². The number of hydrogen-bond donors (Lipinski definition) is 1. The van der Waals surface area contributed by atoms with Crippen LogP contribution in [0.5, 0.6) is 5.75 Å². The van der Waals surface area contributed by atoms with Gasteiger partial charge in [-0.25, -0.2) is 0 Å². The van der Waals surface area contributed by atoms with Gasteiger partial charge in [0, 0.05) is 11.8 Å². The van der Waals surface area contributed by atoms with Crippen LogP contribution < -0.4 is 10.5 Å². The van der Waals surface area contributed by atoms with Gasteiger partial charge in [0.1, 0.15) is 23.9 Å². The first-order valence-corrected chi connectivity index (χ1v) is 5.53. The fourth-order valence-electron chi connectivity index (χ4n) is 1.61. The Balaban J connectivity index is 2.07. The highest BCUT2D eigenvalue weighted by Crippen LogP contribution is 2.19. The summed E-state index contributed by atoms with van der Waals surface area (Å²) in [5.41, 5.74) is 7.42. The molecule has 0 spiro atoms. The molecule has 0 aromatic carbocycles. The van der Waals surface area contributed by atoms with Gasteiger partial charge < -0.3 is 14.9 Å². The van der Waals surface area contributed by atoms with E-state index in [2.05, 4.69) is 4.98 Å². The monoisotopic (exact) mass is 232 g/mol. The summed E-state index contributed by atoms with van der Waals surface area (Å²) in [6.45, 7) is 4.71. The third-order valence-electron chi connectivity index (χ3n) is 2.61. The first kappa shape index (κ1) is 11.7. The summed E-state index contributed by atoms with van der Waals surface area (Å²) in [6, 6.07) is 5.69. The molecule has 2 N–H and O–H groups in total. The van der Waals surface area contributed by atoms with E-state index in [0.717, 1.165) is 28.5 Å². The molecule has 0 aliphatic heterocycles. The Kier molecular flexibility index (Phi) is 3.44. The summed E-state index contributed by atoms with van der Waals surface area (Å²) in [6.07, 6.45) is 1.75. The van der Waals surface area contributed by atoms with Gasteiger partial charge >= 0.3 is 0 Å². The SMILES string of the molecule is Cc1ncccc1OCc1cc(CN)oc1C.